The summed E-state index contributed by atoms with van der Waals surface area (Å²) in [5.74, 6) is -1.34. The number of carbonyl (C=O) groups is 2. The smallest absolute Gasteiger partial charge is 0.325 e. The molecule has 0 aromatic heterocycles. The Morgan fingerprint density at radius 3 is 2.50 bits per heavy atom. The Kier molecular flexibility index (Phi) is 3.55. The molecular formula is C10H9NO3. The average molecular weight is 191 g/mol. The standard InChI is InChI=1S/C10H9NO3/c12-9(6-11-7-10(13)14)8-4-2-1-3-5-8/h1-6H,7H2,(H,13,14)/b11-6+. The topological polar surface area (TPSA) is 66.7 Å². The largest absolute Gasteiger partial charge is 0.480 e. The van der Waals surface area contributed by atoms with Crippen LogP contribution < -0.4 is 0 Å². The number of benzene rings is 1. The highest BCUT2D eigenvalue weighted by atomic mass is 16.4. The summed E-state index contributed by atoms with van der Waals surface area (Å²) in [5.41, 5.74) is 0.502. The molecular weight excluding hydrogens is 182 g/mol. The third-order valence-corrected chi connectivity index (χ3v) is 1.49. The molecule has 0 amide bonds. The SMILES string of the molecule is O=C(O)C/N=C/C(=O)c1ccccc1. The van der Waals surface area contributed by atoms with E-state index in [1.807, 2.05) is 0 Å². The van der Waals surface area contributed by atoms with E-state index in [1.165, 1.54) is 0 Å². The van der Waals surface area contributed by atoms with Crippen LogP contribution >= 0.6 is 0 Å². The summed E-state index contributed by atoms with van der Waals surface area (Å²) in [6.45, 7) is -0.376. The highest BCUT2D eigenvalue weighted by Gasteiger charge is 2.00. The summed E-state index contributed by atoms with van der Waals surface area (Å²) in [6.07, 6.45) is 1.03. The van der Waals surface area contributed by atoms with Crippen molar-refractivity contribution < 1.29 is 14.7 Å². The molecule has 0 saturated heterocycles. The lowest BCUT2D eigenvalue weighted by Crippen LogP contribution is -2.04. The van der Waals surface area contributed by atoms with Gasteiger partial charge < -0.3 is 5.11 Å². The van der Waals surface area contributed by atoms with E-state index < -0.39 is 5.97 Å². The Bertz CT molecular complexity index is 357. The van der Waals surface area contributed by atoms with Crippen molar-refractivity contribution in [3.63, 3.8) is 0 Å². The Morgan fingerprint density at radius 1 is 1.29 bits per heavy atom. The van der Waals surface area contributed by atoms with Gasteiger partial charge in [0.05, 0.1) is 6.21 Å². The van der Waals surface area contributed by atoms with E-state index in [2.05, 4.69) is 4.99 Å². The zero-order valence-corrected chi connectivity index (χ0v) is 7.38. The molecule has 0 bridgehead atoms. The fourth-order valence-electron chi connectivity index (χ4n) is 0.884. The molecule has 1 aromatic rings. The molecule has 0 fully saturated rings. The second kappa shape index (κ2) is 4.91. The number of Topliss-reactive ketones (excluding diaryl/α,β-unsaturated/α-hetero) is 1. The van der Waals surface area contributed by atoms with Gasteiger partial charge in [0.1, 0.15) is 6.54 Å². The monoisotopic (exact) mass is 191 g/mol. The number of carboxylic acid groups (broad SMARTS) is 1. The van der Waals surface area contributed by atoms with Gasteiger partial charge in [-0.05, 0) is 0 Å². The minimum Gasteiger partial charge on any atom is -0.480 e. The van der Waals surface area contributed by atoms with Gasteiger partial charge in [0, 0.05) is 5.56 Å². The van der Waals surface area contributed by atoms with Crippen LogP contribution in [0.15, 0.2) is 35.3 Å². The molecule has 0 unspecified atom stereocenters. The van der Waals surface area contributed by atoms with E-state index in [9.17, 15) is 9.59 Å². The van der Waals surface area contributed by atoms with Gasteiger partial charge in [-0.25, -0.2) is 0 Å². The van der Waals surface area contributed by atoms with Gasteiger partial charge in [-0.15, -0.1) is 0 Å². The van der Waals surface area contributed by atoms with Gasteiger partial charge in [0.25, 0.3) is 0 Å². The molecule has 0 atom stereocenters. The van der Waals surface area contributed by atoms with Crippen molar-refractivity contribution in [1.82, 2.24) is 0 Å². The number of rotatable bonds is 4. The molecule has 14 heavy (non-hydrogen) atoms. The fourth-order valence-corrected chi connectivity index (χ4v) is 0.884. The molecule has 72 valence electrons. The molecule has 0 heterocycles. The fraction of sp³-hybridized carbons (Fsp3) is 0.100. The first-order chi connectivity index (χ1) is 6.70. The van der Waals surface area contributed by atoms with Gasteiger partial charge in [0.15, 0.2) is 0 Å². The Labute approximate surface area is 80.9 Å². The molecule has 0 saturated carbocycles. The van der Waals surface area contributed by atoms with Gasteiger partial charge >= 0.3 is 5.97 Å². The van der Waals surface area contributed by atoms with Crippen molar-refractivity contribution in [3.8, 4) is 0 Å². The summed E-state index contributed by atoms with van der Waals surface area (Å²) in [4.78, 5) is 24.8. The quantitative estimate of drug-likeness (QED) is 0.570. The summed E-state index contributed by atoms with van der Waals surface area (Å²) in [6, 6.07) is 8.56. The van der Waals surface area contributed by atoms with Crippen LogP contribution in [0.2, 0.25) is 0 Å². The molecule has 0 aliphatic rings. The first-order valence-corrected chi connectivity index (χ1v) is 4.01. The minimum absolute atomic E-state index is 0.285. The lowest BCUT2D eigenvalue weighted by atomic mass is 10.1. The van der Waals surface area contributed by atoms with Crippen LogP contribution in [0.5, 0.6) is 0 Å². The van der Waals surface area contributed by atoms with Crippen molar-refractivity contribution in [1.29, 1.82) is 0 Å². The molecule has 0 aliphatic heterocycles. The normalized spacial score (nSPS) is 10.3. The molecule has 0 aliphatic carbocycles. The molecule has 1 rings (SSSR count). The average Bonchev–Trinajstić information content (AvgIpc) is 2.18. The highest BCUT2D eigenvalue weighted by molar-refractivity contribution is 6.35. The molecule has 4 nitrogen and oxygen atoms in total. The third kappa shape index (κ3) is 3.18. The zero-order valence-electron chi connectivity index (χ0n) is 7.38. The molecule has 1 aromatic carbocycles. The molecule has 0 spiro atoms. The van der Waals surface area contributed by atoms with E-state index in [1.54, 1.807) is 30.3 Å². The van der Waals surface area contributed by atoms with Crippen molar-refractivity contribution in [3.05, 3.63) is 35.9 Å². The summed E-state index contributed by atoms with van der Waals surface area (Å²) < 4.78 is 0. The second-order valence-corrected chi connectivity index (χ2v) is 2.59. The number of carboxylic acids is 1. The summed E-state index contributed by atoms with van der Waals surface area (Å²) >= 11 is 0. The molecule has 4 heteroatoms. The van der Waals surface area contributed by atoms with Crippen molar-refractivity contribution in [2.24, 2.45) is 4.99 Å². The first-order valence-electron chi connectivity index (χ1n) is 4.01. The van der Waals surface area contributed by atoms with E-state index in [4.69, 9.17) is 5.11 Å². The lowest BCUT2D eigenvalue weighted by molar-refractivity contribution is -0.135. The Hall–Kier alpha value is -1.97. The Balaban J connectivity index is 2.59. The van der Waals surface area contributed by atoms with Gasteiger partial charge in [-0.2, -0.15) is 0 Å². The third-order valence-electron chi connectivity index (χ3n) is 1.49. The van der Waals surface area contributed by atoms with Crippen LogP contribution in [0.3, 0.4) is 0 Å². The number of nitrogens with zero attached hydrogens (tertiary/aromatic N) is 1. The van der Waals surface area contributed by atoms with Crippen molar-refractivity contribution in [2.45, 2.75) is 0 Å². The summed E-state index contributed by atoms with van der Waals surface area (Å²) in [7, 11) is 0. The van der Waals surface area contributed by atoms with Gasteiger partial charge in [0.2, 0.25) is 5.78 Å². The van der Waals surface area contributed by atoms with Crippen molar-refractivity contribution >= 4 is 18.0 Å². The van der Waals surface area contributed by atoms with E-state index in [0.717, 1.165) is 6.21 Å². The van der Waals surface area contributed by atoms with Gasteiger partial charge in [-0.3, -0.25) is 14.6 Å². The summed E-state index contributed by atoms with van der Waals surface area (Å²) in [5, 5.41) is 8.27. The molecule has 1 N–H and O–H groups in total. The maximum absolute atomic E-state index is 11.3. The van der Waals surface area contributed by atoms with E-state index in [0.29, 0.717) is 5.56 Å². The number of ketones is 1. The first kappa shape index (κ1) is 10.1. The maximum Gasteiger partial charge on any atom is 0.325 e. The number of carbonyl (C=O) groups excluding carboxylic acids is 1. The van der Waals surface area contributed by atoms with Crippen LogP contribution in [-0.4, -0.2) is 29.6 Å². The minimum atomic E-state index is -1.05. The number of hydrogen-bond acceptors (Lipinski definition) is 3. The van der Waals surface area contributed by atoms with Crippen LogP contribution in [0, 0.1) is 0 Å². The number of aliphatic carboxylic acids is 1. The number of hydrogen-bond donors (Lipinski definition) is 1. The molecule has 0 radical (unpaired) electrons. The predicted octanol–water partition coefficient (Wildman–Crippen LogP) is 1.02. The highest BCUT2D eigenvalue weighted by Crippen LogP contribution is 1.97. The van der Waals surface area contributed by atoms with Crippen LogP contribution in [-0.2, 0) is 4.79 Å². The lowest BCUT2D eigenvalue weighted by Gasteiger charge is -1.92. The van der Waals surface area contributed by atoms with Crippen LogP contribution in [0.1, 0.15) is 10.4 Å². The predicted molar refractivity (Wildman–Crippen MR) is 51.8 cm³/mol. The second-order valence-electron chi connectivity index (χ2n) is 2.59. The van der Waals surface area contributed by atoms with Crippen LogP contribution in [0.4, 0.5) is 0 Å². The van der Waals surface area contributed by atoms with Crippen LogP contribution in [0.25, 0.3) is 0 Å². The van der Waals surface area contributed by atoms with E-state index >= 15 is 0 Å². The van der Waals surface area contributed by atoms with E-state index in [-0.39, 0.29) is 12.3 Å². The Morgan fingerprint density at radius 2 is 1.93 bits per heavy atom. The zero-order chi connectivity index (χ0) is 10.4. The maximum atomic E-state index is 11.3. The van der Waals surface area contributed by atoms with Gasteiger partial charge in [-0.1, -0.05) is 30.3 Å². The van der Waals surface area contributed by atoms with Crippen molar-refractivity contribution in [2.75, 3.05) is 6.54 Å². The number of aliphatic imine (C=N–C) groups is 1.